The zero-order valence-electron chi connectivity index (χ0n) is 15.0. The normalized spacial score (nSPS) is 11.4. The van der Waals surface area contributed by atoms with Gasteiger partial charge in [0.2, 0.25) is 0 Å². The van der Waals surface area contributed by atoms with Gasteiger partial charge in [-0.3, -0.25) is 14.7 Å². The summed E-state index contributed by atoms with van der Waals surface area (Å²) < 4.78 is 6.52. The van der Waals surface area contributed by atoms with Crippen LogP contribution >= 0.6 is 0 Å². The quantitative estimate of drug-likeness (QED) is 0.749. The summed E-state index contributed by atoms with van der Waals surface area (Å²) in [6, 6.07) is 7.09. The molecule has 0 aliphatic heterocycles. The molecule has 0 amide bonds. The fourth-order valence-corrected chi connectivity index (χ4v) is 2.97. The van der Waals surface area contributed by atoms with Crippen molar-refractivity contribution < 1.29 is 4.74 Å². The lowest BCUT2D eigenvalue weighted by Crippen LogP contribution is -2.21. The van der Waals surface area contributed by atoms with Crippen molar-refractivity contribution in [2.24, 2.45) is 5.92 Å². The third-order valence-corrected chi connectivity index (χ3v) is 4.46. The van der Waals surface area contributed by atoms with E-state index < -0.39 is 0 Å². The second kappa shape index (κ2) is 6.63. The minimum Gasteiger partial charge on any atom is -0.497 e. The summed E-state index contributed by atoms with van der Waals surface area (Å²) >= 11 is 0. The summed E-state index contributed by atoms with van der Waals surface area (Å²) in [6.45, 7) is 6.11. The standard InChI is InChI=1S/C19H23N3O3/c1-11(2)5-10-15-12(3)20-18-16(17(15)23)19(24)22(21-18)13-6-8-14(25-4)9-7-13/h6-9,11H,5,10H2,1-4H3,(H2,20,21,23). The summed E-state index contributed by atoms with van der Waals surface area (Å²) in [4.78, 5) is 28.8. The Hall–Kier alpha value is -2.76. The molecule has 1 aromatic carbocycles. The van der Waals surface area contributed by atoms with E-state index in [0.29, 0.717) is 35.0 Å². The third-order valence-electron chi connectivity index (χ3n) is 4.46. The first kappa shape index (κ1) is 17.1. The van der Waals surface area contributed by atoms with Gasteiger partial charge in [0.1, 0.15) is 16.8 Å². The fraction of sp³-hybridized carbons (Fsp3) is 0.368. The van der Waals surface area contributed by atoms with Crippen molar-refractivity contribution in [1.29, 1.82) is 0 Å². The van der Waals surface area contributed by atoms with Crippen LogP contribution in [0.5, 0.6) is 5.75 Å². The number of aromatic amines is 2. The summed E-state index contributed by atoms with van der Waals surface area (Å²) in [5.74, 6) is 1.20. The molecule has 132 valence electrons. The van der Waals surface area contributed by atoms with E-state index in [9.17, 15) is 9.59 Å². The lowest BCUT2D eigenvalue weighted by molar-refractivity contribution is 0.414. The SMILES string of the molecule is COc1ccc(-n2[nH]c3[nH]c(C)c(CCC(C)C)c(=O)c3c2=O)cc1. The molecule has 0 aliphatic rings. The van der Waals surface area contributed by atoms with Gasteiger partial charge < -0.3 is 9.72 Å². The fourth-order valence-electron chi connectivity index (χ4n) is 2.97. The second-order valence-corrected chi connectivity index (χ2v) is 6.69. The van der Waals surface area contributed by atoms with Gasteiger partial charge in [-0.25, -0.2) is 4.68 Å². The molecule has 0 radical (unpaired) electrons. The molecule has 0 unspecified atom stereocenters. The number of nitrogens with zero attached hydrogens (tertiary/aromatic N) is 1. The molecule has 3 rings (SSSR count). The predicted octanol–water partition coefficient (Wildman–Crippen LogP) is 2.91. The molecule has 2 aromatic heterocycles. The Morgan fingerprint density at radius 3 is 2.44 bits per heavy atom. The molecule has 2 N–H and O–H groups in total. The van der Waals surface area contributed by atoms with Crippen LogP contribution in [0.1, 0.15) is 31.5 Å². The largest absolute Gasteiger partial charge is 0.497 e. The first-order valence-electron chi connectivity index (χ1n) is 8.43. The summed E-state index contributed by atoms with van der Waals surface area (Å²) in [7, 11) is 1.59. The highest BCUT2D eigenvalue weighted by atomic mass is 16.5. The molecule has 3 aromatic rings. The van der Waals surface area contributed by atoms with E-state index in [-0.39, 0.29) is 16.4 Å². The number of hydrogen-bond acceptors (Lipinski definition) is 3. The van der Waals surface area contributed by atoms with Gasteiger partial charge in [0, 0.05) is 11.3 Å². The van der Waals surface area contributed by atoms with Crippen LogP contribution in [0.25, 0.3) is 16.7 Å². The molecule has 0 fully saturated rings. The van der Waals surface area contributed by atoms with Crippen LogP contribution in [0.2, 0.25) is 0 Å². The van der Waals surface area contributed by atoms with Crippen LogP contribution in [0.3, 0.4) is 0 Å². The van der Waals surface area contributed by atoms with Crippen molar-refractivity contribution in [2.75, 3.05) is 7.11 Å². The smallest absolute Gasteiger partial charge is 0.284 e. The van der Waals surface area contributed by atoms with Crippen molar-refractivity contribution >= 4 is 11.0 Å². The molecule has 2 heterocycles. The van der Waals surface area contributed by atoms with E-state index in [0.717, 1.165) is 12.1 Å². The number of ether oxygens (including phenoxy) is 1. The lowest BCUT2D eigenvalue weighted by atomic mass is 10.0. The topological polar surface area (TPSA) is 79.9 Å². The second-order valence-electron chi connectivity index (χ2n) is 6.69. The van der Waals surface area contributed by atoms with Crippen molar-refractivity contribution in [3.63, 3.8) is 0 Å². The Morgan fingerprint density at radius 2 is 1.84 bits per heavy atom. The van der Waals surface area contributed by atoms with Crippen LogP contribution in [0, 0.1) is 12.8 Å². The van der Waals surface area contributed by atoms with Gasteiger partial charge in [-0.05, 0) is 49.9 Å². The van der Waals surface area contributed by atoms with Gasteiger partial charge in [0.05, 0.1) is 12.8 Å². The molecule has 0 aliphatic carbocycles. The molecular formula is C19H23N3O3. The number of pyridine rings is 1. The Bertz CT molecular complexity index is 1010. The summed E-state index contributed by atoms with van der Waals surface area (Å²) in [5, 5.41) is 3.18. The van der Waals surface area contributed by atoms with E-state index in [1.165, 1.54) is 4.68 Å². The maximum Gasteiger partial charge on any atom is 0.284 e. The van der Waals surface area contributed by atoms with Crippen molar-refractivity contribution in [1.82, 2.24) is 14.8 Å². The van der Waals surface area contributed by atoms with E-state index in [1.54, 1.807) is 31.4 Å². The Morgan fingerprint density at radius 1 is 1.16 bits per heavy atom. The number of fused-ring (bicyclic) bond motifs is 1. The van der Waals surface area contributed by atoms with Crippen molar-refractivity contribution in [2.45, 2.75) is 33.6 Å². The zero-order chi connectivity index (χ0) is 18.1. The Labute approximate surface area is 145 Å². The number of H-pyrrole nitrogens is 2. The number of aromatic nitrogens is 3. The summed E-state index contributed by atoms with van der Waals surface area (Å²) in [6.07, 6.45) is 1.58. The third kappa shape index (κ3) is 3.12. The van der Waals surface area contributed by atoms with Crippen LogP contribution in [0.15, 0.2) is 33.9 Å². The minimum atomic E-state index is -0.341. The van der Waals surface area contributed by atoms with Gasteiger partial charge in [-0.1, -0.05) is 13.8 Å². The molecule has 0 spiro atoms. The molecule has 0 bridgehead atoms. The molecule has 0 atom stereocenters. The number of aryl methyl sites for hydroxylation is 1. The van der Waals surface area contributed by atoms with Crippen LogP contribution in [-0.2, 0) is 6.42 Å². The molecular weight excluding hydrogens is 318 g/mol. The van der Waals surface area contributed by atoms with Crippen LogP contribution in [0.4, 0.5) is 0 Å². The van der Waals surface area contributed by atoms with E-state index in [1.807, 2.05) is 6.92 Å². The van der Waals surface area contributed by atoms with E-state index in [4.69, 9.17) is 4.74 Å². The van der Waals surface area contributed by atoms with Gasteiger partial charge in [-0.15, -0.1) is 0 Å². The van der Waals surface area contributed by atoms with Crippen LogP contribution in [-0.4, -0.2) is 21.9 Å². The predicted molar refractivity (Wildman–Crippen MR) is 99.0 cm³/mol. The highest BCUT2D eigenvalue weighted by molar-refractivity contribution is 5.75. The maximum absolute atomic E-state index is 12.9. The van der Waals surface area contributed by atoms with Gasteiger partial charge in [0.15, 0.2) is 5.43 Å². The van der Waals surface area contributed by atoms with Gasteiger partial charge in [0.25, 0.3) is 5.56 Å². The van der Waals surface area contributed by atoms with E-state index >= 15 is 0 Å². The average Bonchev–Trinajstić information content (AvgIpc) is 2.91. The molecule has 0 saturated carbocycles. The monoisotopic (exact) mass is 341 g/mol. The Kier molecular flexibility index (Phi) is 4.53. The number of benzene rings is 1. The van der Waals surface area contributed by atoms with Crippen molar-refractivity contribution in [3.05, 3.63) is 56.1 Å². The maximum atomic E-state index is 12.9. The average molecular weight is 341 g/mol. The number of hydrogen-bond donors (Lipinski definition) is 2. The van der Waals surface area contributed by atoms with Gasteiger partial charge in [-0.2, -0.15) is 0 Å². The number of nitrogens with one attached hydrogen (secondary N) is 2. The zero-order valence-corrected chi connectivity index (χ0v) is 15.0. The Balaban J connectivity index is 2.14. The first-order chi connectivity index (χ1) is 11.9. The summed E-state index contributed by atoms with van der Waals surface area (Å²) in [5.41, 5.74) is 2.08. The minimum absolute atomic E-state index is 0.180. The first-order valence-corrected chi connectivity index (χ1v) is 8.43. The molecule has 6 nitrogen and oxygen atoms in total. The van der Waals surface area contributed by atoms with Gasteiger partial charge >= 0.3 is 0 Å². The molecule has 25 heavy (non-hydrogen) atoms. The molecule has 6 heteroatoms. The van der Waals surface area contributed by atoms with E-state index in [2.05, 4.69) is 23.9 Å². The van der Waals surface area contributed by atoms with Crippen molar-refractivity contribution in [3.8, 4) is 11.4 Å². The highest BCUT2D eigenvalue weighted by Crippen LogP contribution is 2.15. The number of rotatable bonds is 5. The van der Waals surface area contributed by atoms with Crippen LogP contribution < -0.4 is 15.7 Å². The number of methoxy groups -OCH3 is 1. The molecule has 0 saturated heterocycles. The highest BCUT2D eigenvalue weighted by Gasteiger charge is 2.17. The lowest BCUT2D eigenvalue weighted by Gasteiger charge is -2.07.